The Hall–Kier alpha value is -1.69. The number of alkyl halides is 2. The van der Waals surface area contributed by atoms with Crippen molar-refractivity contribution in [2.45, 2.75) is 145 Å². The Morgan fingerprint density at radius 2 is 1.74 bits per heavy atom. The molecule has 2 atom stereocenters. The number of aryl methyl sites for hydroxylation is 1. The van der Waals surface area contributed by atoms with Gasteiger partial charge in [0.25, 0.3) is 5.92 Å². The molecule has 4 nitrogen and oxygen atoms in total. The SMILES string of the molecule is CC1CC1.CCCC.CC[C@H](CCCCC(=O)c1cnc(/C=C(\C)C2(C)CC2(F)F)c(C)n1)COC(C)(C)C. The zero-order chi connectivity index (χ0) is 29.9. The van der Waals surface area contributed by atoms with Gasteiger partial charge in [0.1, 0.15) is 5.69 Å². The number of ether oxygens (including phenoxy) is 1. The van der Waals surface area contributed by atoms with Crippen molar-refractivity contribution in [2.75, 3.05) is 6.61 Å². The van der Waals surface area contributed by atoms with Crippen molar-refractivity contribution in [3.63, 3.8) is 0 Å². The smallest absolute Gasteiger partial charge is 0.258 e. The van der Waals surface area contributed by atoms with Gasteiger partial charge in [-0.05, 0) is 72.3 Å². The molecule has 1 aromatic heterocycles. The van der Waals surface area contributed by atoms with Gasteiger partial charge in [-0.2, -0.15) is 0 Å². The van der Waals surface area contributed by atoms with Crippen LogP contribution in [0.1, 0.15) is 148 Å². The van der Waals surface area contributed by atoms with E-state index in [4.69, 9.17) is 4.74 Å². The lowest BCUT2D eigenvalue weighted by Gasteiger charge is -2.23. The Morgan fingerprint density at radius 3 is 2.15 bits per heavy atom. The summed E-state index contributed by atoms with van der Waals surface area (Å²) >= 11 is 0. The Balaban J connectivity index is 0.000000819. The summed E-state index contributed by atoms with van der Waals surface area (Å²) in [6.45, 7) is 20.8. The van der Waals surface area contributed by atoms with Crippen molar-refractivity contribution in [3.05, 3.63) is 28.9 Å². The Bertz CT molecular complexity index is 917. The number of unbranched alkanes of at least 4 members (excludes halogenated alkanes) is 2. The van der Waals surface area contributed by atoms with Crippen LogP contribution >= 0.6 is 0 Å². The highest BCUT2D eigenvalue weighted by Crippen LogP contribution is 2.64. The lowest BCUT2D eigenvalue weighted by molar-refractivity contribution is -0.0243. The summed E-state index contributed by atoms with van der Waals surface area (Å²) < 4.78 is 33.1. The summed E-state index contributed by atoms with van der Waals surface area (Å²) in [6, 6.07) is 0. The van der Waals surface area contributed by atoms with Gasteiger partial charge in [-0.25, -0.2) is 13.8 Å². The highest BCUT2D eigenvalue weighted by atomic mass is 19.3. The van der Waals surface area contributed by atoms with E-state index in [9.17, 15) is 13.6 Å². The van der Waals surface area contributed by atoms with Gasteiger partial charge < -0.3 is 4.74 Å². The monoisotopic (exact) mass is 550 g/mol. The lowest BCUT2D eigenvalue weighted by Crippen LogP contribution is -2.23. The molecule has 2 fully saturated rings. The minimum Gasteiger partial charge on any atom is -0.376 e. The number of nitrogens with zero attached hydrogens (tertiary/aromatic N) is 2. The molecule has 39 heavy (non-hydrogen) atoms. The van der Waals surface area contributed by atoms with Gasteiger partial charge >= 0.3 is 0 Å². The van der Waals surface area contributed by atoms with Crippen molar-refractivity contribution in [1.82, 2.24) is 9.97 Å². The zero-order valence-corrected chi connectivity index (χ0v) is 26.6. The molecule has 6 heteroatoms. The van der Waals surface area contributed by atoms with E-state index in [0.717, 1.165) is 38.2 Å². The van der Waals surface area contributed by atoms with Crippen LogP contribution in [0.5, 0.6) is 0 Å². The second-order valence-electron chi connectivity index (χ2n) is 12.8. The minimum absolute atomic E-state index is 0.0254. The Labute approximate surface area is 237 Å². The highest BCUT2D eigenvalue weighted by Gasteiger charge is 2.68. The lowest BCUT2D eigenvalue weighted by atomic mass is 9.97. The zero-order valence-electron chi connectivity index (χ0n) is 26.6. The number of hydrogen-bond acceptors (Lipinski definition) is 4. The fourth-order valence-corrected chi connectivity index (χ4v) is 3.75. The Kier molecular flexibility index (Phi) is 14.4. The summed E-state index contributed by atoms with van der Waals surface area (Å²) in [5, 5.41) is 0. The molecule has 0 aliphatic heterocycles. The predicted octanol–water partition coefficient (Wildman–Crippen LogP) is 10.0. The van der Waals surface area contributed by atoms with E-state index < -0.39 is 11.3 Å². The molecule has 1 heterocycles. The Morgan fingerprint density at radius 1 is 1.18 bits per heavy atom. The van der Waals surface area contributed by atoms with Crippen LogP contribution in [0.15, 0.2) is 11.8 Å². The van der Waals surface area contributed by atoms with Crippen LogP contribution in [0.4, 0.5) is 8.78 Å². The van der Waals surface area contributed by atoms with E-state index in [-0.39, 0.29) is 17.8 Å². The molecular formula is C33H56F2N2O2. The third kappa shape index (κ3) is 13.0. The van der Waals surface area contributed by atoms with Crippen molar-refractivity contribution < 1.29 is 18.3 Å². The molecule has 0 bridgehead atoms. The normalized spacial score (nSPS) is 20.8. The van der Waals surface area contributed by atoms with E-state index in [1.54, 1.807) is 26.8 Å². The van der Waals surface area contributed by atoms with Gasteiger partial charge in [0.2, 0.25) is 0 Å². The molecule has 2 aliphatic carbocycles. The van der Waals surface area contributed by atoms with Crippen molar-refractivity contribution in [1.29, 1.82) is 0 Å². The maximum Gasteiger partial charge on any atom is 0.258 e. The van der Waals surface area contributed by atoms with Gasteiger partial charge in [0.15, 0.2) is 5.78 Å². The quantitative estimate of drug-likeness (QED) is 0.192. The van der Waals surface area contributed by atoms with Crippen molar-refractivity contribution in [3.8, 4) is 0 Å². The van der Waals surface area contributed by atoms with Crippen LogP contribution in [-0.4, -0.2) is 33.9 Å². The third-order valence-electron chi connectivity index (χ3n) is 7.71. The summed E-state index contributed by atoms with van der Waals surface area (Å²) in [6.07, 6.45) is 12.9. The number of hydrogen-bond donors (Lipinski definition) is 0. The fourth-order valence-electron chi connectivity index (χ4n) is 3.75. The van der Waals surface area contributed by atoms with Crippen molar-refractivity contribution in [2.24, 2.45) is 17.3 Å². The van der Waals surface area contributed by atoms with E-state index >= 15 is 0 Å². The molecule has 224 valence electrons. The summed E-state index contributed by atoms with van der Waals surface area (Å²) in [5.41, 5.74) is 0.847. The van der Waals surface area contributed by atoms with Crippen LogP contribution in [0.3, 0.4) is 0 Å². The molecule has 0 N–H and O–H groups in total. The number of carbonyl (C=O) groups excluding carboxylic acids is 1. The first-order valence-corrected chi connectivity index (χ1v) is 15.2. The molecular weight excluding hydrogens is 494 g/mol. The molecule has 2 saturated carbocycles. The van der Waals surface area contributed by atoms with Gasteiger partial charge in [-0.15, -0.1) is 0 Å². The summed E-state index contributed by atoms with van der Waals surface area (Å²) in [5.74, 6) is -1.09. The molecule has 0 spiro atoms. The predicted molar refractivity (Wildman–Crippen MR) is 159 cm³/mol. The van der Waals surface area contributed by atoms with Crippen LogP contribution in [0.25, 0.3) is 6.08 Å². The number of halogens is 2. The highest BCUT2D eigenvalue weighted by molar-refractivity contribution is 5.94. The maximum atomic E-state index is 13.6. The van der Waals surface area contributed by atoms with E-state index in [1.165, 1.54) is 31.9 Å². The average molecular weight is 551 g/mol. The minimum atomic E-state index is -2.65. The summed E-state index contributed by atoms with van der Waals surface area (Å²) in [7, 11) is 0. The topological polar surface area (TPSA) is 52.1 Å². The number of allylic oxidation sites excluding steroid dienone is 1. The molecule has 1 unspecified atom stereocenters. The number of aromatic nitrogens is 2. The van der Waals surface area contributed by atoms with E-state index in [0.29, 0.717) is 35.0 Å². The number of rotatable bonds is 12. The van der Waals surface area contributed by atoms with E-state index in [2.05, 4.69) is 58.4 Å². The fraction of sp³-hybridized carbons (Fsp3) is 0.788. The average Bonchev–Trinajstić information content (AvgIpc) is 3.76. The second kappa shape index (κ2) is 15.9. The van der Waals surface area contributed by atoms with Crippen LogP contribution in [0, 0.1) is 24.2 Å². The second-order valence-corrected chi connectivity index (χ2v) is 12.8. The third-order valence-corrected chi connectivity index (χ3v) is 7.71. The summed E-state index contributed by atoms with van der Waals surface area (Å²) in [4.78, 5) is 21.2. The molecule has 0 radical (unpaired) electrons. The van der Waals surface area contributed by atoms with Crippen LogP contribution < -0.4 is 0 Å². The maximum absolute atomic E-state index is 13.6. The van der Waals surface area contributed by atoms with Gasteiger partial charge in [-0.1, -0.05) is 71.8 Å². The molecule has 1 aromatic rings. The van der Waals surface area contributed by atoms with Gasteiger partial charge in [0, 0.05) is 12.8 Å². The number of carbonyl (C=O) groups is 1. The first kappa shape index (κ1) is 35.3. The van der Waals surface area contributed by atoms with Crippen LogP contribution in [0.2, 0.25) is 0 Å². The number of ketones is 1. The molecule has 0 aromatic carbocycles. The van der Waals surface area contributed by atoms with E-state index in [1.807, 2.05) is 0 Å². The largest absolute Gasteiger partial charge is 0.376 e. The van der Waals surface area contributed by atoms with Crippen molar-refractivity contribution >= 4 is 11.9 Å². The first-order chi connectivity index (χ1) is 18.1. The van der Waals surface area contributed by atoms with Gasteiger partial charge in [0.05, 0.1) is 35.2 Å². The molecule has 0 amide bonds. The first-order valence-electron chi connectivity index (χ1n) is 15.2. The standard InChI is InChI=1S/C25H38F2N2O2.C4H8.C4H10/c1-8-19(15-31-23(4,5)6)11-9-10-12-22(30)21-14-28-20(18(3)29-21)13-17(2)24(7)16-25(24,26)27;1-4-2-3-4;1-3-4-2/h13-14,19H,8-12,15-16H2,1-7H3;4H,2-3H2,1H3;3-4H2,1-2H3/b17-13+;;/t19-,24?;;/m1../s1. The number of Topliss-reactive ketones (excluding diaryl/α,β-unsaturated/α-hetero) is 1. The molecule has 2 aliphatic rings. The van der Waals surface area contributed by atoms with Crippen LogP contribution in [-0.2, 0) is 4.74 Å². The van der Waals surface area contributed by atoms with Gasteiger partial charge in [-0.3, -0.25) is 9.78 Å². The molecule has 3 rings (SSSR count). The molecule has 0 saturated heterocycles.